The molecule has 186 valence electrons. The molecule has 2 fully saturated rings. The van der Waals surface area contributed by atoms with Gasteiger partial charge < -0.3 is 4.74 Å². The predicted molar refractivity (Wildman–Crippen MR) is 108 cm³/mol. The van der Waals surface area contributed by atoms with E-state index in [1.807, 2.05) is 0 Å². The maximum Gasteiger partial charge on any atom is 0.389 e. The van der Waals surface area contributed by atoms with Crippen molar-refractivity contribution in [2.45, 2.75) is 61.5 Å². The molecule has 0 aromatic carbocycles. The van der Waals surface area contributed by atoms with Crippen molar-refractivity contribution < 1.29 is 40.7 Å². The van der Waals surface area contributed by atoms with Gasteiger partial charge in [-0.05, 0) is 24.5 Å². The van der Waals surface area contributed by atoms with Crippen molar-refractivity contribution in [3.8, 4) is 0 Å². The van der Waals surface area contributed by atoms with Crippen LogP contribution in [0.2, 0.25) is 0 Å². The molecule has 0 bridgehead atoms. The van der Waals surface area contributed by atoms with Crippen LogP contribution in [0, 0.1) is 0 Å². The van der Waals surface area contributed by atoms with Crippen molar-refractivity contribution in [3.05, 3.63) is 29.6 Å². The van der Waals surface area contributed by atoms with Gasteiger partial charge in [0.05, 0.1) is 5.69 Å². The average Bonchev–Trinajstić information content (AvgIpc) is 2.78. The highest BCUT2D eigenvalue weighted by Gasteiger charge is 2.55. The second-order valence-electron chi connectivity index (χ2n) is 8.44. The third kappa shape index (κ3) is 5.47. The van der Waals surface area contributed by atoms with Gasteiger partial charge in [-0.15, -0.1) is 0 Å². The Balaban J connectivity index is 1.67. The van der Waals surface area contributed by atoms with Crippen molar-refractivity contribution >= 4 is 15.9 Å². The summed E-state index contributed by atoms with van der Waals surface area (Å²) in [4.78, 5) is 16.4. The Labute approximate surface area is 189 Å². The molecule has 13 heteroatoms. The third-order valence-electron chi connectivity index (χ3n) is 6.37. The summed E-state index contributed by atoms with van der Waals surface area (Å²) >= 11 is 0. The maximum absolute atomic E-state index is 15.6. The zero-order chi connectivity index (χ0) is 24.3. The largest absolute Gasteiger partial charge is 0.389 e. The van der Waals surface area contributed by atoms with E-state index in [4.69, 9.17) is 9.94 Å². The topological polar surface area (TPSA) is 109 Å². The molecular weight excluding hydrogens is 470 g/mol. The number of hydroxylamine groups is 1. The number of nitrogens with zero attached hydrogens (tertiary/aromatic N) is 2. The molecule has 3 heterocycles. The summed E-state index contributed by atoms with van der Waals surface area (Å²) in [5.41, 5.74) is 0.189. The van der Waals surface area contributed by atoms with Gasteiger partial charge >= 0.3 is 6.18 Å². The number of rotatable bonds is 7. The maximum atomic E-state index is 15.6. The zero-order valence-corrected chi connectivity index (χ0v) is 18.7. The number of amides is 1. The van der Waals surface area contributed by atoms with Crippen LogP contribution in [-0.4, -0.2) is 66.0 Å². The summed E-state index contributed by atoms with van der Waals surface area (Å²) in [5.74, 6) is -1.04. The molecule has 0 spiro atoms. The fourth-order valence-electron chi connectivity index (χ4n) is 4.32. The number of aryl methyl sites for hydroxylation is 1. The van der Waals surface area contributed by atoms with Crippen LogP contribution < -0.4 is 5.48 Å². The van der Waals surface area contributed by atoms with Gasteiger partial charge in [0.15, 0.2) is 10.4 Å². The first kappa shape index (κ1) is 25.8. The minimum absolute atomic E-state index is 0.0345. The second kappa shape index (κ2) is 9.80. The molecule has 1 aromatic rings. The van der Waals surface area contributed by atoms with E-state index in [0.29, 0.717) is 5.56 Å². The van der Waals surface area contributed by atoms with Crippen LogP contribution in [0.5, 0.6) is 0 Å². The number of nitrogens with one attached hydrogen (secondary N) is 1. The van der Waals surface area contributed by atoms with Crippen LogP contribution in [0.3, 0.4) is 0 Å². The Bertz CT molecular complexity index is 926. The fraction of sp³-hybridized carbons (Fsp3) is 0.700. The smallest absolute Gasteiger partial charge is 0.381 e. The van der Waals surface area contributed by atoms with Crippen molar-refractivity contribution in [1.82, 2.24) is 14.8 Å². The quantitative estimate of drug-likeness (QED) is 0.341. The number of carbonyl (C=O) groups is 1. The Kier molecular flexibility index (Phi) is 7.66. The van der Waals surface area contributed by atoms with E-state index in [-0.39, 0.29) is 70.5 Å². The number of hydrogen-bond acceptors (Lipinski definition) is 6. The summed E-state index contributed by atoms with van der Waals surface area (Å²) in [7, 11) is -4.22. The summed E-state index contributed by atoms with van der Waals surface area (Å²) in [6.45, 7) is -0.302. The van der Waals surface area contributed by atoms with Gasteiger partial charge in [-0.2, -0.15) is 13.2 Å². The van der Waals surface area contributed by atoms with Crippen LogP contribution in [-0.2, 0) is 31.6 Å². The van der Waals surface area contributed by atoms with Gasteiger partial charge in [-0.25, -0.2) is 22.6 Å². The lowest BCUT2D eigenvalue weighted by Crippen LogP contribution is -2.60. The molecule has 2 aliphatic heterocycles. The molecule has 0 radical (unpaired) electrons. The minimum Gasteiger partial charge on any atom is -0.381 e. The Morgan fingerprint density at radius 1 is 1.18 bits per heavy atom. The lowest BCUT2D eigenvalue weighted by atomic mass is 9.90. The molecule has 0 aliphatic carbocycles. The van der Waals surface area contributed by atoms with Gasteiger partial charge in [-0.3, -0.25) is 15.0 Å². The first-order valence-corrected chi connectivity index (χ1v) is 12.1. The third-order valence-corrected chi connectivity index (χ3v) is 9.00. The molecule has 33 heavy (non-hydrogen) atoms. The first-order chi connectivity index (χ1) is 15.4. The average molecular weight is 498 g/mol. The Morgan fingerprint density at radius 2 is 1.82 bits per heavy atom. The van der Waals surface area contributed by atoms with E-state index < -0.39 is 38.9 Å². The van der Waals surface area contributed by atoms with Crippen LogP contribution >= 0.6 is 0 Å². The van der Waals surface area contributed by atoms with Crippen LogP contribution in [0.25, 0.3) is 0 Å². The molecule has 2 aliphatic rings. The molecule has 2 N–H and O–H groups in total. The number of aromatic nitrogens is 1. The molecule has 0 atom stereocenters. The van der Waals surface area contributed by atoms with E-state index in [0.717, 1.165) is 4.31 Å². The Morgan fingerprint density at radius 3 is 2.33 bits per heavy atom. The van der Waals surface area contributed by atoms with Crippen LogP contribution in [0.1, 0.15) is 49.8 Å². The minimum atomic E-state index is -4.23. The van der Waals surface area contributed by atoms with Gasteiger partial charge in [-0.1, -0.05) is 6.07 Å². The summed E-state index contributed by atoms with van der Waals surface area (Å²) in [6.07, 6.45) is -4.37. The molecule has 0 unspecified atom stereocenters. The van der Waals surface area contributed by atoms with E-state index in [1.165, 1.54) is 23.8 Å². The highest BCUT2D eigenvalue weighted by molar-refractivity contribution is 7.91. The Hall–Kier alpha value is -1.83. The molecular formula is C20H27F4N3O5S. The number of pyridine rings is 1. The van der Waals surface area contributed by atoms with Crippen LogP contribution in [0.4, 0.5) is 17.6 Å². The van der Waals surface area contributed by atoms with Crippen molar-refractivity contribution in [2.75, 3.05) is 26.3 Å². The van der Waals surface area contributed by atoms with E-state index >= 15 is 4.39 Å². The van der Waals surface area contributed by atoms with Crippen molar-refractivity contribution in [3.63, 3.8) is 0 Å². The lowest BCUT2D eigenvalue weighted by molar-refractivity contribution is -0.135. The van der Waals surface area contributed by atoms with Gasteiger partial charge in [0.2, 0.25) is 10.0 Å². The van der Waals surface area contributed by atoms with Gasteiger partial charge in [0, 0.05) is 64.6 Å². The summed E-state index contributed by atoms with van der Waals surface area (Å²) < 4.78 is 83.4. The normalized spacial score (nSPS) is 21.5. The SMILES string of the molecule is O=C(NO)C1(S(=O)(=O)N2CCC(F)(c3ccc(CCCC(F)(F)F)cn3)CC2)CCOCC1. The first-order valence-electron chi connectivity index (χ1n) is 10.7. The number of hydrogen-bond donors (Lipinski definition) is 2. The number of halogens is 4. The molecule has 3 rings (SSSR count). The standard InChI is InChI=1S/C20H27F4N3O5S/c21-18(16-4-3-15(14-25-16)2-1-5-20(22,23)24)6-10-27(11-7-18)33(30,31)19(17(28)26-29)8-12-32-13-9-19/h3-4,14,29H,1-2,5-13H2,(H,26,28). The fourth-order valence-corrected chi connectivity index (χ4v) is 6.44. The van der Waals surface area contributed by atoms with Crippen LogP contribution in [0.15, 0.2) is 18.3 Å². The summed E-state index contributed by atoms with van der Waals surface area (Å²) in [5, 5.41) is 9.11. The highest BCUT2D eigenvalue weighted by atomic mass is 32.2. The zero-order valence-electron chi connectivity index (χ0n) is 17.9. The number of alkyl halides is 4. The van der Waals surface area contributed by atoms with Gasteiger partial charge in [0.1, 0.15) is 0 Å². The van der Waals surface area contributed by atoms with Crippen molar-refractivity contribution in [2.24, 2.45) is 0 Å². The molecule has 2 saturated heterocycles. The summed E-state index contributed by atoms with van der Waals surface area (Å²) in [6, 6.07) is 2.96. The number of sulfonamides is 1. The van der Waals surface area contributed by atoms with Gasteiger partial charge in [0.25, 0.3) is 5.91 Å². The molecule has 0 saturated carbocycles. The number of ether oxygens (including phenoxy) is 1. The molecule has 1 amide bonds. The highest BCUT2D eigenvalue weighted by Crippen LogP contribution is 2.40. The van der Waals surface area contributed by atoms with E-state index in [9.17, 15) is 26.4 Å². The lowest BCUT2D eigenvalue weighted by Gasteiger charge is -2.41. The second-order valence-corrected chi connectivity index (χ2v) is 10.7. The predicted octanol–water partition coefficient (Wildman–Crippen LogP) is 2.61. The molecule has 1 aromatic heterocycles. The van der Waals surface area contributed by atoms with E-state index in [1.54, 1.807) is 0 Å². The van der Waals surface area contributed by atoms with E-state index in [2.05, 4.69) is 4.98 Å². The monoisotopic (exact) mass is 497 g/mol. The van der Waals surface area contributed by atoms with Crippen molar-refractivity contribution in [1.29, 1.82) is 0 Å². The number of piperidine rings is 1. The number of carbonyl (C=O) groups excluding carboxylic acids is 1. The molecule has 8 nitrogen and oxygen atoms in total.